The minimum atomic E-state index is -1.56. The molecular weight excluding hydrogens is 320 g/mol. The third kappa shape index (κ3) is 2.72. The van der Waals surface area contributed by atoms with Crippen LogP contribution in [0.4, 0.5) is 5.69 Å². The molecule has 0 radical (unpaired) electrons. The van der Waals surface area contributed by atoms with Crippen molar-refractivity contribution in [2.75, 3.05) is 16.8 Å². The summed E-state index contributed by atoms with van der Waals surface area (Å²) in [5, 5.41) is 19.5. The molecule has 1 atom stereocenters. The number of rotatable bonds is 3. The fraction of sp³-hybridized carbons (Fsp3) is 0.364. The zero-order chi connectivity index (χ0) is 13.3. The number of alkyl halides is 1. The molecule has 18 heavy (non-hydrogen) atoms. The normalized spacial score (nSPS) is 19.4. The number of hydrogen-bond acceptors (Lipinski definition) is 3. The Morgan fingerprint density at radius 1 is 1.50 bits per heavy atom. The first-order valence-corrected chi connectivity index (χ1v) is 7.04. The minimum Gasteiger partial charge on any atom is -0.423 e. The van der Waals surface area contributed by atoms with Gasteiger partial charge in [-0.2, -0.15) is 0 Å². The molecule has 1 saturated heterocycles. The van der Waals surface area contributed by atoms with Gasteiger partial charge in [-0.05, 0) is 23.5 Å². The largest absolute Gasteiger partial charge is 0.488 e. The highest BCUT2D eigenvalue weighted by molar-refractivity contribution is 9.09. The van der Waals surface area contributed by atoms with Crippen molar-refractivity contribution in [1.29, 1.82) is 0 Å². The monoisotopic (exact) mass is 331 g/mol. The summed E-state index contributed by atoms with van der Waals surface area (Å²) in [6.45, 7) is 0.592. The number of carbonyl (C=O) groups excluding carboxylic acids is 1. The molecule has 1 aromatic carbocycles. The molecule has 1 fully saturated rings. The maximum absolute atomic E-state index is 11.9. The van der Waals surface area contributed by atoms with Crippen molar-refractivity contribution in [3.8, 4) is 0 Å². The molecular formula is C11H12BBrClNO3. The number of amides is 1. The summed E-state index contributed by atoms with van der Waals surface area (Å²) < 4.78 is 0. The summed E-state index contributed by atoms with van der Waals surface area (Å²) in [6, 6.07) is 4.64. The van der Waals surface area contributed by atoms with Crippen molar-refractivity contribution in [2.24, 2.45) is 5.92 Å². The molecule has 96 valence electrons. The maximum Gasteiger partial charge on any atom is 0.488 e. The summed E-state index contributed by atoms with van der Waals surface area (Å²) in [4.78, 5) is 13.5. The molecule has 7 heteroatoms. The third-order valence-corrected chi connectivity index (χ3v) is 4.22. The average molecular weight is 332 g/mol. The molecule has 1 unspecified atom stereocenters. The Bertz CT molecular complexity index is 472. The number of nitrogens with zero attached hydrogens (tertiary/aromatic N) is 1. The van der Waals surface area contributed by atoms with Gasteiger partial charge >= 0.3 is 7.12 Å². The molecule has 1 aromatic rings. The number of benzene rings is 1. The Labute approximate surface area is 119 Å². The predicted molar refractivity (Wildman–Crippen MR) is 75.5 cm³/mol. The van der Waals surface area contributed by atoms with Gasteiger partial charge < -0.3 is 14.9 Å². The van der Waals surface area contributed by atoms with Gasteiger partial charge in [0.05, 0.1) is 10.7 Å². The zero-order valence-electron chi connectivity index (χ0n) is 9.51. The lowest BCUT2D eigenvalue weighted by molar-refractivity contribution is -0.117. The molecule has 0 aromatic heterocycles. The van der Waals surface area contributed by atoms with E-state index in [9.17, 15) is 4.79 Å². The van der Waals surface area contributed by atoms with Gasteiger partial charge in [0.1, 0.15) is 0 Å². The van der Waals surface area contributed by atoms with Crippen LogP contribution in [0.25, 0.3) is 0 Å². The number of anilines is 1. The highest BCUT2D eigenvalue weighted by Gasteiger charge is 2.31. The Kier molecular flexibility index (Phi) is 4.32. The molecule has 2 rings (SSSR count). The highest BCUT2D eigenvalue weighted by Crippen LogP contribution is 2.31. The molecule has 0 saturated carbocycles. The van der Waals surface area contributed by atoms with Crippen LogP contribution in [-0.2, 0) is 4.79 Å². The van der Waals surface area contributed by atoms with Crippen LogP contribution >= 0.6 is 27.5 Å². The second kappa shape index (κ2) is 5.61. The van der Waals surface area contributed by atoms with E-state index in [0.29, 0.717) is 29.1 Å². The van der Waals surface area contributed by atoms with Gasteiger partial charge in [-0.1, -0.05) is 33.6 Å². The molecule has 1 amide bonds. The van der Waals surface area contributed by atoms with Crippen molar-refractivity contribution in [2.45, 2.75) is 6.42 Å². The topological polar surface area (TPSA) is 60.8 Å². The van der Waals surface area contributed by atoms with E-state index < -0.39 is 7.12 Å². The fourth-order valence-corrected chi connectivity index (χ4v) is 2.67. The van der Waals surface area contributed by atoms with Gasteiger partial charge in [-0.15, -0.1) is 0 Å². The summed E-state index contributed by atoms with van der Waals surface area (Å²) in [6.07, 6.45) is 0.480. The van der Waals surface area contributed by atoms with Gasteiger partial charge in [0, 0.05) is 18.3 Å². The van der Waals surface area contributed by atoms with Crippen molar-refractivity contribution in [3.63, 3.8) is 0 Å². The molecule has 0 aliphatic carbocycles. The summed E-state index contributed by atoms with van der Waals surface area (Å²) >= 11 is 9.44. The van der Waals surface area contributed by atoms with E-state index in [0.717, 1.165) is 5.33 Å². The van der Waals surface area contributed by atoms with Crippen LogP contribution in [0.5, 0.6) is 0 Å². The Balaban J connectivity index is 2.33. The van der Waals surface area contributed by atoms with E-state index in [4.69, 9.17) is 21.6 Å². The van der Waals surface area contributed by atoms with E-state index in [-0.39, 0.29) is 11.8 Å². The average Bonchev–Trinajstić information content (AvgIpc) is 2.71. The molecule has 4 nitrogen and oxygen atoms in total. The van der Waals surface area contributed by atoms with E-state index in [1.807, 2.05) is 0 Å². The first-order valence-electron chi connectivity index (χ1n) is 5.55. The van der Waals surface area contributed by atoms with Crippen LogP contribution < -0.4 is 10.4 Å². The number of halogens is 2. The quantitative estimate of drug-likeness (QED) is 0.635. The zero-order valence-corrected chi connectivity index (χ0v) is 11.9. The van der Waals surface area contributed by atoms with Crippen LogP contribution in [0.2, 0.25) is 5.02 Å². The Morgan fingerprint density at radius 2 is 2.22 bits per heavy atom. The number of hydrogen-bond donors (Lipinski definition) is 2. The minimum absolute atomic E-state index is 0.00549. The van der Waals surface area contributed by atoms with E-state index in [2.05, 4.69) is 15.9 Å². The molecule has 0 bridgehead atoms. The van der Waals surface area contributed by atoms with Crippen molar-refractivity contribution in [1.82, 2.24) is 0 Å². The number of carbonyl (C=O) groups is 1. The van der Waals surface area contributed by atoms with E-state index in [1.165, 1.54) is 6.07 Å². The third-order valence-electron chi connectivity index (χ3n) is 2.98. The van der Waals surface area contributed by atoms with Crippen LogP contribution in [0.3, 0.4) is 0 Å². The first kappa shape index (κ1) is 13.9. The summed E-state index contributed by atoms with van der Waals surface area (Å²) in [5.41, 5.74) is 0.861. The predicted octanol–water partition coefficient (Wildman–Crippen LogP) is 0.768. The van der Waals surface area contributed by atoms with Gasteiger partial charge in [0.2, 0.25) is 5.91 Å². The molecule has 2 N–H and O–H groups in total. The lowest BCUT2D eigenvalue weighted by Crippen LogP contribution is -2.32. The van der Waals surface area contributed by atoms with Gasteiger partial charge in [-0.25, -0.2) is 0 Å². The van der Waals surface area contributed by atoms with Crippen LogP contribution in [-0.4, -0.2) is 34.9 Å². The van der Waals surface area contributed by atoms with Crippen molar-refractivity contribution in [3.05, 3.63) is 23.2 Å². The SMILES string of the molecule is O=C1CC(CBr)CN1c1cc(B(O)O)ccc1Cl. The molecule has 1 aliphatic heterocycles. The second-order valence-electron chi connectivity index (χ2n) is 4.31. The van der Waals surface area contributed by atoms with Crippen LogP contribution in [0, 0.1) is 5.92 Å². The smallest absolute Gasteiger partial charge is 0.423 e. The van der Waals surface area contributed by atoms with Gasteiger partial charge in [-0.3, -0.25) is 4.79 Å². The first-order chi connectivity index (χ1) is 8.52. The fourth-order valence-electron chi connectivity index (χ4n) is 2.01. The molecule has 1 heterocycles. The van der Waals surface area contributed by atoms with E-state index in [1.54, 1.807) is 17.0 Å². The highest BCUT2D eigenvalue weighted by atomic mass is 79.9. The van der Waals surface area contributed by atoms with Crippen LogP contribution in [0.15, 0.2) is 18.2 Å². The summed E-state index contributed by atoms with van der Waals surface area (Å²) in [7, 11) is -1.56. The standard InChI is InChI=1S/C11H12BBrClNO3/c13-5-7-3-11(16)15(6-7)10-4-8(12(17)18)1-2-9(10)14/h1-2,4,7,17-18H,3,5-6H2. The second-order valence-corrected chi connectivity index (χ2v) is 5.37. The molecule has 1 aliphatic rings. The van der Waals surface area contributed by atoms with Crippen molar-refractivity contribution < 1.29 is 14.8 Å². The van der Waals surface area contributed by atoms with Crippen LogP contribution in [0.1, 0.15) is 6.42 Å². The lowest BCUT2D eigenvalue weighted by atomic mass is 9.80. The van der Waals surface area contributed by atoms with E-state index >= 15 is 0 Å². The lowest BCUT2D eigenvalue weighted by Gasteiger charge is -2.19. The Hall–Kier alpha value is -0.555. The molecule has 0 spiro atoms. The van der Waals surface area contributed by atoms with Gasteiger partial charge in [0.25, 0.3) is 0 Å². The maximum atomic E-state index is 11.9. The van der Waals surface area contributed by atoms with Gasteiger partial charge in [0.15, 0.2) is 0 Å². The summed E-state index contributed by atoms with van der Waals surface area (Å²) in [5.74, 6) is 0.266. The Morgan fingerprint density at radius 3 is 2.78 bits per heavy atom. The van der Waals surface area contributed by atoms with Crippen molar-refractivity contribution >= 4 is 51.7 Å².